The number of unbranched alkanes of at least 4 members (excludes halogenated alkanes) is 6. The topological polar surface area (TPSA) is 98.0 Å². The van der Waals surface area contributed by atoms with Crippen molar-refractivity contribution in [1.29, 1.82) is 0 Å². The van der Waals surface area contributed by atoms with Crippen LogP contribution in [0.4, 0.5) is 0 Å². The first-order valence-electron chi connectivity index (χ1n) is 5.31. The summed E-state index contributed by atoms with van der Waals surface area (Å²) >= 11 is 0. The first-order chi connectivity index (χ1) is 6.91. The number of aliphatic hydroxyl groups excluding tert-OH is 1. The van der Waals surface area contributed by atoms with Crippen molar-refractivity contribution >= 4 is 7.82 Å². The van der Waals surface area contributed by atoms with Crippen LogP contribution < -0.4 is 0 Å². The van der Waals surface area contributed by atoms with Crippen LogP contribution in [0.5, 0.6) is 0 Å². The third kappa shape index (κ3) is 41.0. The van der Waals surface area contributed by atoms with Crippen molar-refractivity contribution in [2.75, 3.05) is 6.61 Å². The molecule has 0 saturated heterocycles. The molecule has 0 fully saturated rings. The summed E-state index contributed by atoms with van der Waals surface area (Å²) in [6.45, 7) is 2.60. The van der Waals surface area contributed by atoms with Crippen LogP contribution in [0.15, 0.2) is 0 Å². The highest BCUT2D eigenvalue weighted by atomic mass is 31.2. The third-order valence-corrected chi connectivity index (χ3v) is 1.76. The second-order valence-electron chi connectivity index (χ2n) is 3.36. The summed E-state index contributed by atoms with van der Waals surface area (Å²) in [6.07, 6.45) is 8.93. The van der Waals surface area contributed by atoms with Gasteiger partial charge in [-0.1, -0.05) is 45.4 Å². The SMILES string of the molecule is CCCCCCCCCO.O=P(O)(O)O. The number of phosphoric acid groups is 1. The van der Waals surface area contributed by atoms with Gasteiger partial charge in [0.2, 0.25) is 0 Å². The maximum Gasteiger partial charge on any atom is 0.466 e. The maximum absolute atomic E-state index is 8.88. The zero-order valence-electron chi connectivity index (χ0n) is 9.30. The fourth-order valence-corrected chi connectivity index (χ4v) is 1.07. The molecule has 15 heavy (non-hydrogen) atoms. The van der Waals surface area contributed by atoms with Gasteiger partial charge in [0.15, 0.2) is 0 Å². The standard InChI is InChI=1S/C9H20O.H3O4P/c1-2-3-4-5-6-7-8-9-10;1-5(2,3)4/h10H,2-9H2,1H3;(H3,1,2,3,4). The van der Waals surface area contributed by atoms with E-state index in [2.05, 4.69) is 6.92 Å². The number of hydrogen-bond acceptors (Lipinski definition) is 2. The smallest absolute Gasteiger partial charge is 0.396 e. The Morgan fingerprint density at radius 1 is 0.867 bits per heavy atom. The molecule has 0 aromatic carbocycles. The lowest BCUT2D eigenvalue weighted by atomic mass is 10.1. The molecule has 0 aliphatic carbocycles. The first kappa shape index (κ1) is 17.5. The summed E-state index contributed by atoms with van der Waals surface area (Å²) in [5.41, 5.74) is 0. The van der Waals surface area contributed by atoms with Gasteiger partial charge in [-0.3, -0.25) is 0 Å². The molecule has 0 bridgehead atoms. The van der Waals surface area contributed by atoms with Gasteiger partial charge in [0.05, 0.1) is 0 Å². The lowest BCUT2D eigenvalue weighted by molar-refractivity contribution is 0.275. The van der Waals surface area contributed by atoms with Crippen LogP contribution in [0.25, 0.3) is 0 Å². The molecule has 4 N–H and O–H groups in total. The molecule has 0 saturated carbocycles. The van der Waals surface area contributed by atoms with E-state index < -0.39 is 7.82 Å². The number of hydrogen-bond donors (Lipinski definition) is 4. The van der Waals surface area contributed by atoms with Crippen molar-refractivity contribution in [3.8, 4) is 0 Å². The van der Waals surface area contributed by atoms with Crippen molar-refractivity contribution in [2.45, 2.75) is 51.9 Å². The van der Waals surface area contributed by atoms with Crippen LogP contribution in [0.2, 0.25) is 0 Å². The highest BCUT2D eigenvalue weighted by molar-refractivity contribution is 7.45. The van der Waals surface area contributed by atoms with Gasteiger partial charge in [-0.15, -0.1) is 0 Å². The van der Waals surface area contributed by atoms with Crippen LogP contribution in [0.1, 0.15) is 51.9 Å². The second kappa shape index (κ2) is 12.1. The quantitative estimate of drug-likeness (QED) is 0.403. The third-order valence-electron chi connectivity index (χ3n) is 1.76. The summed E-state index contributed by atoms with van der Waals surface area (Å²) in [6, 6.07) is 0. The minimum absolute atomic E-state index is 0.369. The van der Waals surface area contributed by atoms with Gasteiger partial charge in [-0.25, -0.2) is 4.57 Å². The van der Waals surface area contributed by atoms with Gasteiger partial charge < -0.3 is 19.8 Å². The number of aliphatic hydroxyl groups is 1. The Morgan fingerprint density at radius 3 is 1.53 bits per heavy atom. The fraction of sp³-hybridized carbons (Fsp3) is 1.00. The zero-order chi connectivity index (χ0) is 12.2. The summed E-state index contributed by atoms with van der Waals surface area (Å²) in [5.74, 6) is 0. The fourth-order valence-electron chi connectivity index (χ4n) is 1.07. The van der Waals surface area contributed by atoms with Crippen molar-refractivity contribution < 1.29 is 24.4 Å². The van der Waals surface area contributed by atoms with Crippen LogP contribution in [-0.2, 0) is 4.57 Å². The van der Waals surface area contributed by atoms with Crippen molar-refractivity contribution in [3.63, 3.8) is 0 Å². The molecule has 0 radical (unpaired) electrons. The van der Waals surface area contributed by atoms with Crippen molar-refractivity contribution in [1.82, 2.24) is 0 Å². The van der Waals surface area contributed by atoms with Crippen LogP contribution in [0, 0.1) is 0 Å². The molecule has 0 aromatic heterocycles. The van der Waals surface area contributed by atoms with Crippen LogP contribution >= 0.6 is 7.82 Å². The van der Waals surface area contributed by atoms with Crippen molar-refractivity contribution in [3.05, 3.63) is 0 Å². The van der Waals surface area contributed by atoms with Crippen LogP contribution in [-0.4, -0.2) is 26.4 Å². The molecule has 6 heteroatoms. The molecule has 5 nitrogen and oxygen atoms in total. The van der Waals surface area contributed by atoms with Gasteiger partial charge in [0, 0.05) is 6.61 Å². The predicted octanol–water partition coefficient (Wildman–Crippen LogP) is 1.80. The largest absolute Gasteiger partial charge is 0.466 e. The first-order valence-corrected chi connectivity index (χ1v) is 6.87. The molecule has 0 spiro atoms. The molecule has 0 heterocycles. The molecule has 0 aliphatic heterocycles. The lowest BCUT2D eigenvalue weighted by Gasteiger charge is -1.97. The van der Waals surface area contributed by atoms with E-state index in [9.17, 15) is 0 Å². The summed E-state index contributed by atoms with van der Waals surface area (Å²) < 4.78 is 8.88. The van der Waals surface area contributed by atoms with E-state index in [1.165, 1.54) is 38.5 Å². The van der Waals surface area contributed by atoms with Crippen molar-refractivity contribution in [2.24, 2.45) is 0 Å². The number of rotatable bonds is 7. The average Bonchev–Trinajstić information content (AvgIpc) is 2.08. The highest BCUT2D eigenvalue weighted by Crippen LogP contribution is 2.25. The molecular formula is C9H23O5P. The molecule has 0 amide bonds. The predicted molar refractivity (Wildman–Crippen MR) is 59.3 cm³/mol. The van der Waals surface area contributed by atoms with Crippen LogP contribution in [0.3, 0.4) is 0 Å². The lowest BCUT2D eigenvalue weighted by Crippen LogP contribution is -1.83. The van der Waals surface area contributed by atoms with E-state index in [-0.39, 0.29) is 0 Å². The minimum atomic E-state index is -4.64. The van der Waals surface area contributed by atoms with Gasteiger partial charge in [0.25, 0.3) is 0 Å². The van der Waals surface area contributed by atoms with E-state index in [4.69, 9.17) is 24.4 Å². The average molecular weight is 242 g/mol. The molecule has 0 aromatic rings. The molecule has 0 atom stereocenters. The Bertz CT molecular complexity index is 140. The normalized spacial score (nSPS) is 10.7. The Balaban J connectivity index is 0. The molecule has 94 valence electrons. The van der Waals surface area contributed by atoms with E-state index in [1.54, 1.807) is 0 Å². The van der Waals surface area contributed by atoms with Gasteiger partial charge in [-0.2, -0.15) is 0 Å². The van der Waals surface area contributed by atoms with E-state index in [0.29, 0.717) is 6.61 Å². The van der Waals surface area contributed by atoms with Gasteiger partial charge in [0.1, 0.15) is 0 Å². The van der Waals surface area contributed by atoms with Gasteiger partial charge in [-0.05, 0) is 6.42 Å². The molecule has 0 unspecified atom stereocenters. The Kier molecular flexibility index (Phi) is 14.1. The van der Waals surface area contributed by atoms with Gasteiger partial charge >= 0.3 is 7.82 Å². The Labute approximate surface area is 91.4 Å². The summed E-state index contributed by atoms with van der Waals surface area (Å²) in [4.78, 5) is 21.6. The highest BCUT2D eigenvalue weighted by Gasteiger charge is 2.00. The zero-order valence-corrected chi connectivity index (χ0v) is 10.2. The second-order valence-corrected chi connectivity index (χ2v) is 4.38. The maximum atomic E-state index is 8.88. The molecule has 0 aliphatic rings. The Hall–Kier alpha value is 0.0700. The van der Waals surface area contributed by atoms with E-state index in [1.807, 2.05) is 0 Å². The summed E-state index contributed by atoms with van der Waals surface area (Å²) in [7, 11) is -4.64. The van der Waals surface area contributed by atoms with E-state index in [0.717, 1.165) is 6.42 Å². The minimum Gasteiger partial charge on any atom is -0.396 e. The molecule has 0 rings (SSSR count). The Morgan fingerprint density at radius 2 is 1.20 bits per heavy atom. The molecular weight excluding hydrogens is 219 g/mol. The van der Waals surface area contributed by atoms with E-state index >= 15 is 0 Å². The summed E-state index contributed by atoms with van der Waals surface area (Å²) in [5, 5.41) is 8.47. The monoisotopic (exact) mass is 242 g/mol.